The van der Waals surface area contributed by atoms with Crippen LogP contribution in [0.4, 0.5) is 0 Å². The maximum Gasteiger partial charge on any atom is 0.0704 e. The van der Waals surface area contributed by atoms with Gasteiger partial charge in [0.15, 0.2) is 0 Å². The molecule has 0 saturated carbocycles. The lowest BCUT2D eigenvalue weighted by atomic mass is 9.88. The van der Waals surface area contributed by atoms with Gasteiger partial charge in [0.1, 0.15) is 0 Å². The van der Waals surface area contributed by atoms with Gasteiger partial charge in [-0.2, -0.15) is 0 Å². The van der Waals surface area contributed by atoms with E-state index in [1.165, 1.54) is 16.7 Å². The summed E-state index contributed by atoms with van der Waals surface area (Å²) in [5, 5.41) is 0. The zero-order valence-corrected chi connectivity index (χ0v) is 11.5. The van der Waals surface area contributed by atoms with Gasteiger partial charge >= 0.3 is 0 Å². The SMILES string of the molecule is CC(c1ccccc1)c1ccccc1-c1ccccn1. The van der Waals surface area contributed by atoms with Gasteiger partial charge in [0.2, 0.25) is 0 Å². The molecule has 3 aromatic rings. The number of nitrogens with zero attached hydrogens (tertiary/aromatic N) is 1. The molecule has 1 aromatic heterocycles. The molecule has 0 spiro atoms. The van der Waals surface area contributed by atoms with Crippen LogP contribution in [0.1, 0.15) is 24.0 Å². The number of hydrogen-bond acceptors (Lipinski definition) is 1. The topological polar surface area (TPSA) is 12.9 Å². The average molecular weight is 259 g/mol. The van der Waals surface area contributed by atoms with Gasteiger partial charge in [-0.25, -0.2) is 0 Å². The first-order valence-corrected chi connectivity index (χ1v) is 6.91. The molecule has 98 valence electrons. The van der Waals surface area contributed by atoms with Crippen molar-refractivity contribution in [2.45, 2.75) is 12.8 Å². The Kier molecular flexibility index (Phi) is 3.60. The van der Waals surface area contributed by atoms with Gasteiger partial charge < -0.3 is 0 Å². The summed E-state index contributed by atoms with van der Waals surface area (Å²) in [5.74, 6) is 0.356. The van der Waals surface area contributed by atoms with E-state index in [2.05, 4.69) is 72.6 Å². The first-order chi connectivity index (χ1) is 9.86. The minimum atomic E-state index is 0.356. The van der Waals surface area contributed by atoms with Crippen molar-refractivity contribution >= 4 is 0 Å². The molecule has 0 aliphatic rings. The minimum Gasteiger partial charge on any atom is -0.256 e. The Morgan fingerprint density at radius 2 is 1.45 bits per heavy atom. The molecule has 0 amide bonds. The fourth-order valence-corrected chi connectivity index (χ4v) is 2.55. The van der Waals surface area contributed by atoms with Crippen molar-refractivity contribution < 1.29 is 0 Å². The van der Waals surface area contributed by atoms with Gasteiger partial charge in [0.05, 0.1) is 5.69 Å². The van der Waals surface area contributed by atoms with Crippen LogP contribution in [0.25, 0.3) is 11.3 Å². The fourth-order valence-electron chi connectivity index (χ4n) is 2.55. The second kappa shape index (κ2) is 5.70. The first kappa shape index (κ1) is 12.6. The molecular formula is C19H17N. The Morgan fingerprint density at radius 1 is 0.750 bits per heavy atom. The Balaban J connectivity index is 2.07. The van der Waals surface area contributed by atoms with Crippen molar-refractivity contribution in [1.82, 2.24) is 4.98 Å². The van der Waals surface area contributed by atoms with Gasteiger partial charge in [-0.05, 0) is 23.3 Å². The van der Waals surface area contributed by atoms with Gasteiger partial charge in [0, 0.05) is 17.7 Å². The molecule has 1 heterocycles. The standard InChI is InChI=1S/C19H17N/c1-15(16-9-3-2-4-10-16)17-11-5-6-12-18(17)19-13-7-8-14-20-19/h2-15H,1H3. The highest BCUT2D eigenvalue weighted by Crippen LogP contribution is 2.31. The molecule has 1 nitrogen and oxygen atoms in total. The van der Waals surface area contributed by atoms with Crippen LogP contribution < -0.4 is 0 Å². The molecule has 0 aliphatic carbocycles. The minimum absolute atomic E-state index is 0.356. The van der Waals surface area contributed by atoms with E-state index in [-0.39, 0.29) is 0 Å². The summed E-state index contributed by atoms with van der Waals surface area (Å²) >= 11 is 0. The molecule has 1 heteroatoms. The molecule has 1 unspecified atom stereocenters. The first-order valence-electron chi connectivity index (χ1n) is 6.91. The Morgan fingerprint density at radius 3 is 2.20 bits per heavy atom. The van der Waals surface area contributed by atoms with Crippen LogP contribution in [0.15, 0.2) is 79.0 Å². The molecular weight excluding hydrogens is 242 g/mol. The number of benzene rings is 2. The van der Waals surface area contributed by atoms with Crippen molar-refractivity contribution in [3.63, 3.8) is 0 Å². The van der Waals surface area contributed by atoms with Crippen molar-refractivity contribution in [2.24, 2.45) is 0 Å². The predicted octanol–water partition coefficient (Wildman–Crippen LogP) is 4.90. The van der Waals surface area contributed by atoms with E-state index in [0.717, 1.165) is 5.69 Å². The highest BCUT2D eigenvalue weighted by Gasteiger charge is 2.13. The number of pyridine rings is 1. The second-order valence-electron chi connectivity index (χ2n) is 4.93. The zero-order valence-electron chi connectivity index (χ0n) is 11.5. The highest BCUT2D eigenvalue weighted by molar-refractivity contribution is 5.65. The Labute approximate surface area is 119 Å². The summed E-state index contributed by atoms with van der Waals surface area (Å²) in [6, 6.07) is 25.2. The van der Waals surface area contributed by atoms with E-state index >= 15 is 0 Å². The lowest BCUT2D eigenvalue weighted by Gasteiger charge is -2.16. The molecule has 20 heavy (non-hydrogen) atoms. The van der Waals surface area contributed by atoms with E-state index < -0.39 is 0 Å². The van der Waals surface area contributed by atoms with Gasteiger partial charge in [-0.1, -0.05) is 67.6 Å². The van der Waals surface area contributed by atoms with Gasteiger partial charge in [0.25, 0.3) is 0 Å². The van der Waals surface area contributed by atoms with Crippen molar-refractivity contribution in [2.75, 3.05) is 0 Å². The second-order valence-corrected chi connectivity index (χ2v) is 4.93. The predicted molar refractivity (Wildman–Crippen MR) is 83.6 cm³/mol. The number of aromatic nitrogens is 1. The molecule has 0 radical (unpaired) electrons. The number of hydrogen-bond donors (Lipinski definition) is 0. The summed E-state index contributed by atoms with van der Waals surface area (Å²) in [7, 11) is 0. The molecule has 0 bridgehead atoms. The third kappa shape index (κ3) is 2.48. The monoisotopic (exact) mass is 259 g/mol. The smallest absolute Gasteiger partial charge is 0.0704 e. The van der Waals surface area contributed by atoms with Crippen LogP contribution in [0, 0.1) is 0 Å². The van der Waals surface area contributed by atoms with E-state index in [0.29, 0.717) is 5.92 Å². The van der Waals surface area contributed by atoms with Crippen LogP contribution in [0.2, 0.25) is 0 Å². The quantitative estimate of drug-likeness (QED) is 0.652. The maximum atomic E-state index is 4.49. The summed E-state index contributed by atoms with van der Waals surface area (Å²) in [5.41, 5.74) is 4.89. The molecule has 0 aliphatic heterocycles. The number of rotatable bonds is 3. The van der Waals surface area contributed by atoms with Gasteiger partial charge in [-0.15, -0.1) is 0 Å². The molecule has 0 N–H and O–H groups in total. The van der Waals surface area contributed by atoms with Crippen LogP contribution in [-0.4, -0.2) is 4.98 Å². The lowest BCUT2D eigenvalue weighted by Crippen LogP contribution is -1.99. The maximum absolute atomic E-state index is 4.49. The molecule has 3 rings (SSSR count). The average Bonchev–Trinajstić information content (AvgIpc) is 2.56. The normalized spacial score (nSPS) is 12.1. The zero-order chi connectivity index (χ0) is 13.8. The molecule has 0 fully saturated rings. The van der Waals surface area contributed by atoms with E-state index in [1.54, 1.807) is 0 Å². The highest BCUT2D eigenvalue weighted by atomic mass is 14.7. The van der Waals surface area contributed by atoms with E-state index in [4.69, 9.17) is 0 Å². The third-order valence-corrected chi connectivity index (χ3v) is 3.67. The summed E-state index contributed by atoms with van der Waals surface area (Å²) in [6.45, 7) is 2.25. The van der Waals surface area contributed by atoms with Crippen LogP contribution in [-0.2, 0) is 0 Å². The molecule has 0 saturated heterocycles. The summed E-state index contributed by atoms with van der Waals surface area (Å²) in [4.78, 5) is 4.49. The van der Waals surface area contributed by atoms with Crippen LogP contribution >= 0.6 is 0 Å². The van der Waals surface area contributed by atoms with E-state index in [9.17, 15) is 0 Å². The third-order valence-electron chi connectivity index (χ3n) is 3.67. The fraction of sp³-hybridized carbons (Fsp3) is 0.105. The summed E-state index contributed by atoms with van der Waals surface area (Å²) < 4.78 is 0. The van der Waals surface area contributed by atoms with Crippen LogP contribution in [0.3, 0.4) is 0 Å². The molecule has 2 aromatic carbocycles. The summed E-state index contributed by atoms with van der Waals surface area (Å²) in [6.07, 6.45) is 1.85. The van der Waals surface area contributed by atoms with Gasteiger partial charge in [-0.3, -0.25) is 4.98 Å². The lowest BCUT2D eigenvalue weighted by molar-refractivity contribution is 0.923. The van der Waals surface area contributed by atoms with Crippen molar-refractivity contribution in [1.29, 1.82) is 0 Å². The largest absolute Gasteiger partial charge is 0.256 e. The van der Waals surface area contributed by atoms with Crippen LogP contribution in [0.5, 0.6) is 0 Å². The Hall–Kier alpha value is -2.41. The van der Waals surface area contributed by atoms with Crippen molar-refractivity contribution in [3.8, 4) is 11.3 Å². The van der Waals surface area contributed by atoms with E-state index in [1.807, 2.05) is 18.3 Å². The van der Waals surface area contributed by atoms with Crippen molar-refractivity contribution in [3.05, 3.63) is 90.1 Å². The molecule has 1 atom stereocenters. The Bertz CT molecular complexity index is 674.